The molecule has 0 saturated carbocycles. The number of anilines is 1. The van der Waals surface area contributed by atoms with E-state index in [9.17, 15) is 4.79 Å². The summed E-state index contributed by atoms with van der Waals surface area (Å²) in [4.78, 5) is 14.8. The standard InChI is InChI=1S/C15H20N2O/c1-3-7-12(4-2)16-14-10-11-8-5-6-9-13(11)15(18)17-14/h5-6,8-10,12H,3-4,7H2,1-2H3,(H2,16,17,18). The van der Waals surface area contributed by atoms with Crippen molar-refractivity contribution >= 4 is 16.6 Å². The van der Waals surface area contributed by atoms with Crippen molar-refractivity contribution in [3.63, 3.8) is 0 Å². The maximum Gasteiger partial charge on any atom is 0.257 e. The smallest absolute Gasteiger partial charge is 0.257 e. The largest absolute Gasteiger partial charge is 0.369 e. The number of hydrogen-bond donors (Lipinski definition) is 2. The molecule has 0 saturated heterocycles. The normalized spacial score (nSPS) is 12.6. The van der Waals surface area contributed by atoms with Gasteiger partial charge in [-0.25, -0.2) is 0 Å². The third-order valence-electron chi connectivity index (χ3n) is 3.24. The molecule has 3 heteroatoms. The molecule has 2 aromatic rings. The Labute approximate surface area is 107 Å². The molecule has 0 radical (unpaired) electrons. The van der Waals surface area contributed by atoms with Crippen LogP contribution in [0.25, 0.3) is 10.8 Å². The van der Waals surface area contributed by atoms with Crippen LogP contribution in [0.2, 0.25) is 0 Å². The van der Waals surface area contributed by atoms with Gasteiger partial charge in [-0.2, -0.15) is 0 Å². The third-order valence-corrected chi connectivity index (χ3v) is 3.24. The molecule has 0 aliphatic carbocycles. The second-order valence-electron chi connectivity index (χ2n) is 4.64. The SMILES string of the molecule is CCCC(CC)Nc1cc2ccccc2c(=O)[nH]1. The van der Waals surface area contributed by atoms with Crippen molar-refractivity contribution < 1.29 is 0 Å². The second kappa shape index (κ2) is 5.71. The summed E-state index contributed by atoms with van der Waals surface area (Å²) < 4.78 is 0. The molecule has 0 aliphatic rings. The van der Waals surface area contributed by atoms with E-state index < -0.39 is 0 Å². The molecule has 1 aromatic heterocycles. The second-order valence-corrected chi connectivity index (χ2v) is 4.64. The highest BCUT2D eigenvalue weighted by atomic mass is 16.1. The molecule has 0 aliphatic heterocycles. The number of H-pyrrole nitrogens is 1. The lowest BCUT2D eigenvalue weighted by molar-refractivity contribution is 0.620. The van der Waals surface area contributed by atoms with Gasteiger partial charge in [-0.05, 0) is 30.4 Å². The van der Waals surface area contributed by atoms with Crippen LogP contribution in [-0.4, -0.2) is 11.0 Å². The van der Waals surface area contributed by atoms with Crippen molar-refractivity contribution in [3.05, 3.63) is 40.7 Å². The molecule has 1 aromatic carbocycles. The minimum atomic E-state index is -0.0260. The summed E-state index contributed by atoms with van der Waals surface area (Å²) in [5, 5.41) is 5.13. The topological polar surface area (TPSA) is 44.9 Å². The Kier molecular flexibility index (Phi) is 4.03. The van der Waals surface area contributed by atoms with Crippen LogP contribution in [0.3, 0.4) is 0 Å². The highest BCUT2D eigenvalue weighted by molar-refractivity contribution is 5.83. The van der Waals surface area contributed by atoms with Crippen molar-refractivity contribution in [2.24, 2.45) is 0 Å². The molecular weight excluding hydrogens is 224 g/mol. The zero-order valence-electron chi connectivity index (χ0n) is 11.0. The quantitative estimate of drug-likeness (QED) is 0.845. The average molecular weight is 244 g/mol. The van der Waals surface area contributed by atoms with Crippen LogP contribution in [0.4, 0.5) is 5.82 Å². The minimum absolute atomic E-state index is 0.0260. The Morgan fingerprint density at radius 1 is 1.28 bits per heavy atom. The Bertz CT molecular complexity index is 574. The number of rotatable bonds is 5. The van der Waals surface area contributed by atoms with Crippen LogP contribution in [0, 0.1) is 0 Å². The van der Waals surface area contributed by atoms with Gasteiger partial charge < -0.3 is 10.3 Å². The Balaban J connectivity index is 2.32. The van der Waals surface area contributed by atoms with Gasteiger partial charge in [-0.3, -0.25) is 4.79 Å². The van der Waals surface area contributed by atoms with Gasteiger partial charge in [0.15, 0.2) is 0 Å². The van der Waals surface area contributed by atoms with Gasteiger partial charge in [-0.15, -0.1) is 0 Å². The lowest BCUT2D eigenvalue weighted by Crippen LogP contribution is -2.21. The fourth-order valence-corrected chi connectivity index (χ4v) is 2.24. The number of aromatic nitrogens is 1. The molecule has 0 bridgehead atoms. The Morgan fingerprint density at radius 2 is 2.06 bits per heavy atom. The maximum absolute atomic E-state index is 11.9. The van der Waals surface area contributed by atoms with Gasteiger partial charge in [0.25, 0.3) is 5.56 Å². The van der Waals surface area contributed by atoms with Crippen molar-refractivity contribution in [2.75, 3.05) is 5.32 Å². The van der Waals surface area contributed by atoms with E-state index >= 15 is 0 Å². The van der Waals surface area contributed by atoms with E-state index in [1.54, 1.807) is 0 Å². The summed E-state index contributed by atoms with van der Waals surface area (Å²) in [5.41, 5.74) is -0.0260. The van der Waals surface area contributed by atoms with Gasteiger partial charge in [0.1, 0.15) is 5.82 Å². The summed E-state index contributed by atoms with van der Waals surface area (Å²) in [6, 6.07) is 10.1. The van der Waals surface area contributed by atoms with Crippen LogP contribution in [0.15, 0.2) is 35.1 Å². The zero-order chi connectivity index (χ0) is 13.0. The molecule has 0 amide bonds. The number of nitrogens with one attached hydrogen (secondary N) is 2. The third kappa shape index (κ3) is 2.73. The van der Waals surface area contributed by atoms with Crippen LogP contribution in [0.1, 0.15) is 33.1 Å². The fraction of sp³-hybridized carbons (Fsp3) is 0.400. The van der Waals surface area contributed by atoms with E-state index in [2.05, 4.69) is 24.1 Å². The Morgan fingerprint density at radius 3 is 2.78 bits per heavy atom. The fourth-order valence-electron chi connectivity index (χ4n) is 2.24. The van der Waals surface area contributed by atoms with E-state index in [1.165, 1.54) is 0 Å². The van der Waals surface area contributed by atoms with Crippen LogP contribution < -0.4 is 10.9 Å². The summed E-state index contributed by atoms with van der Waals surface area (Å²) >= 11 is 0. The number of pyridine rings is 1. The van der Waals surface area contributed by atoms with Gasteiger partial charge in [0.05, 0.1) is 0 Å². The number of fused-ring (bicyclic) bond motifs is 1. The first-order chi connectivity index (χ1) is 8.74. The molecular formula is C15H20N2O. The molecule has 0 fully saturated rings. The summed E-state index contributed by atoms with van der Waals surface area (Å²) in [5.74, 6) is 0.819. The highest BCUT2D eigenvalue weighted by Gasteiger charge is 2.06. The van der Waals surface area contributed by atoms with Crippen molar-refractivity contribution in [3.8, 4) is 0 Å². The van der Waals surface area contributed by atoms with Gasteiger partial charge in [0.2, 0.25) is 0 Å². The van der Waals surface area contributed by atoms with Gasteiger partial charge in [-0.1, -0.05) is 38.5 Å². The van der Waals surface area contributed by atoms with E-state index in [1.807, 2.05) is 30.3 Å². The van der Waals surface area contributed by atoms with Crippen molar-refractivity contribution in [2.45, 2.75) is 39.2 Å². The predicted molar refractivity (Wildman–Crippen MR) is 77.2 cm³/mol. The lowest BCUT2D eigenvalue weighted by atomic mass is 10.1. The first-order valence-corrected chi connectivity index (χ1v) is 6.63. The minimum Gasteiger partial charge on any atom is -0.369 e. The number of hydrogen-bond acceptors (Lipinski definition) is 2. The summed E-state index contributed by atoms with van der Waals surface area (Å²) in [6.45, 7) is 4.33. The van der Waals surface area contributed by atoms with E-state index in [4.69, 9.17) is 0 Å². The first kappa shape index (κ1) is 12.7. The lowest BCUT2D eigenvalue weighted by Gasteiger charge is -2.17. The van der Waals surface area contributed by atoms with E-state index in [0.29, 0.717) is 6.04 Å². The molecule has 3 nitrogen and oxygen atoms in total. The predicted octanol–water partition coefficient (Wildman–Crippen LogP) is 3.52. The van der Waals surface area contributed by atoms with E-state index in [-0.39, 0.29) is 5.56 Å². The Hall–Kier alpha value is -1.77. The van der Waals surface area contributed by atoms with E-state index in [0.717, 1.165) is 35.9 Å². The van der Waals surface area contributed by atoms with Crippen LogP contribution >= 0.6 is 0 Å². The molecule has 96 valence electrons. The summed E-state index contributed by atoms with van der Waals surface area (Å²) in [7, 11) is 0. The van der Waals surface area contributed by atoms with Crippen LogP contribution in [0.5, 0.6) is 0 Å². The number of aromatic amines is 1. The maximum atomic E-state index is 11.9. The van der Waals surface area contributed by atoms with Gasteiger partial charge in [0, 0.05) is 11.4 Å². The molecule has 0 spiro atoms. The van der Waals surface area contributed by atoms with Crippen molar-refractivity contribution in [1.29, 1.82) is 0 Å². The van der Waals surface area contributed by atoms with Crippen molar-refractivity contribution in [1.82, 2.24) is 4.98 Å². The highest BCUT2D eigenvalue weighted by Crippen LogP contribution is 2.15. The molecule has 1 heterocycles. The molecule has 18 heavy (non-hydrogen) atoms. The summed E-state index contributed by atoms with van der Waals surface area (Å²) in [6.07, 6.45) is 3.32. The molecule has 1 atom stereocenters. The first-order valence-electron chi connectivity index (χ1n) is 6.63. The average Bonchev–Trinajstić information content (AvgIpc) is 2.38. The molecule has 2 N–H and O–H groups in total. The number of benzene rings is 1. The van der Waals surface area contributed by atoms with Gasteiger partial charge >= 0.3 is 0 Å². The monoisotopic (exact) mass is 244 g/mol. The molecule has 2 rings (SSSR count). The van der Waals surface area contributed by atoms with Crippen LogP contribution in [-0.2, 0) is 0 Å². The molecule has 1 unspecified atom stereocenters. The zero-order valence-corrected chi connectivity index (χ0v) is 11.0.